The van der Waals surface area contributed by atoms with E-state index >= 15 is 0 Å². The first-order valence-corrected chi connectivity index (χ1v) is 7.99. The van der Waals surface area contributed by atoms with Crippen LogP contribution in [0.2, 0.25) is 0 Å². The standard InChI is InChI=1S/C17H19N5O3/c23-16(24)14-3-1-13(2-4-14)11-20-17(25)22-9-7-21(8-10-22)15-12-18-5-6-19-15/h1-6,12H,7-11H2,(H,20,25)(H,23,24). The molecule has 0 unspecified atom stereocenters. The van der Waals surface area contributed by atoms with Crippen molar-refractivity contribution in [3.63, 3.8) is 0 Å². The molecule has 8 nitrogen and oxygen atoms in total. The number of piperazine rings is 1. The van der Waals surface area contributed by atoms with Gasteiger partial charge in [0.1, 0.15) is 5.82 Å². The predicted octanol–water partition coefficient (Wildman–Crippen LogP) is 1.21. The lowest BCUT2D eigenvalue weighted by molar-refractivity contribution is 0.0697. The number of nitrogens with one attached hydrogen (secondary N) is 1. The van der Waals surface area contributed by atoms with Crippen LogP contribution in [0.4, 0.5) is 10.6 Å². The molecule has 25 heavy (non-hydrogen) atoms. The van der Waals surface area contributed by atoms with Crippen molar-refractivity contribution in [2.75, 3.05) is 31.1 Å². The van der Waals surface area contributed by atoms with E-state index in [1.807, 2.05) is 0 Å². The van der Waals surface area contributed by atoms with Crippen LogP contribution in [0, 0.1) is 0 Å². The van der Waals surface area contributed by atoms with Gasteiger partial charge in [-0.25, -0.2) is 14.6 Å². The smallest absolute Gasteiger partial charge is 0.335 e. The Balaban J connectivity index is 1.47. The van der Waals surface area contributed by atoms with Crippen LogP contribution >= 0.6 is 0 Å². The lowest BCUT2D eigenvalue weighted by atomic mass is 10.1. The lowest BCUT2D eigenvalue weighted by Crippen LogP contribution is -2.51. The van der Waals surface area contributed by atoms with Crippen LogP contribution in [0.1, 0.15) is 15.9 Å². The number of aromatic nitrogens is 2. The molecule has 1 aliphatic heterocycles. The van der Waals surface area contributed by atoms with Crippen molar-refractivity contribution < 1.29 is 14.7 Å². The molecule has 1 aromatic carbocycles. The van der Waals surface area contributed by atoms with Gasteiger partial charge in [0, 0.05) is 45.1 Å². The Labute approximate surface area is 145 Å². The van der Waals surface area contributed by atoms with Gasteiger partial charge in [-0.3, -0.25) is 4.98 Å². The third kappa shape index (κ3) is 4.23. The molecule has 2 N–H and O–H groups in total. The summed E-state index contributed by atoms with van der Waals surface area (Å²) in [6.45, 7) is 3.00. The summed E-state index contributed by atoms with van der Waals surface area (Å²) in [5.74, 6) is -0.141. The average molecular weight is 341 g/mol. The van der Waals surface area contributed by atoms with E-state index in [2.05, 4.69) is 20.2 Å². The zero-order valence-corrected chi connectivity index (χ0v) is 13.6. The third-order valence-corrected chi connectivity index (χ3v) is 4.09. The number of amides is 2. The number of anilines is 1. The summed E-state index contributed by atoms with van der Waals surface area (Å²) < 4.78 is 0. The van der Waals surface area contributed by atoms with Crippen molar-refractivity contribution in [1.82, 2.24) is 20.2 Å². The summed E-state index contributed by atoms with van der Waals surface area (Å²) >= 11 is 0. The molecular weight excluding hydrogens is 322 g/mol. The maximum Gasteiger partial charge on any atom is 0.335 e. The Morgan fingerprint density at radius 1 is 1.08 bits per heavy atom. The summed E-state index contributed by atoms with van der Waals surface area (Å²) in [4.78, 5) is 35.3. The molecule has 0 radical (unpaired) electrons. The van der Waals surface area contributed by atoms with Crippen molar-refractivity contribution in [3.8, 4) is 0 Å². The molecule has 0 saturated carbocycles. The second-order valence-electron chi connectivity index (χ2n) is 5.70. The monoisotopic (exact) mass is 341 g/mol. The fourth-order valence-corrected chi connectivity index (χ4v) is 2.65. The normalized spacial score (nSPS) is 14.2. The quantitative estimate of drug-likeness (QED) is 0.867. The van der Waals surface area contributed by atoms with E-state index in [0.717, 1.165) is 11.4 Å². The van der Waals surface area contributed by atoms with Gasteiger partial charge in [-0.15, -0.1) is 0 Å². The third-order valence-electron chi connectivity index (χ3n) is 4.09. The topological polar surface area (TPSA) is 98.7 Å². The van der Waals surface area contributed by atoms with Gasteiger partial charge in [0.2, 0.25) is 0 Å². The first-order valence-electron chi connectivity index (χ1n) is 7.99. The van der Waals surface area contributed by atoms with Gasteiger partial charge in [-0.1, -0.05) is 12.1 Å². The van der Waals surface area contributed by atoms with Gasteiger partial charge in [-0.05, 0) is 17.7 Å². The zero-order valence-electron chi connectivity index (χ0n) is 13.6. The Bertz CT molecular complexity index is 728. The van der Waals surface area contributed by atoms with Gasteiger partial charge in [0.05, 0.1) is 11.8 Å². The van der Waals surface area contributed by atoms with Crippen LogP contribution in [0.15, 0.2) is 42.9 Å². The summed E-state index contributed by atoms with van der Waals surface area (Å²) in [5, 5.41) is 11.7. The van der Waals surface area contributed by atoms with E-state index in [0.29, 0.717) is 32.7 Å². The molecule has 3 rings (SSSR count). The Kier molecular flexibility index (Phi) is 5.08. The van der Waals surface area contributed by atoms with Crippen molar-refractivity contribution in [2.45, 2.75) is 6.54 Å². The molecule has 1 fully saturated rings. The summed E-state index contributed by atoms with van der Waals surface area (Å²) in [7, 11) is 0. The number of nitrogens with zero attached hydrogens (tertiary/aromatic N) is 4. The van der Waals surface area contributed by atoms with E-state index in [1.165, 1.54) is 12.1 Å². The van der Waals surface area contributed by atoms with Crippen molar-refractivity contribution in [2.24, 2.45) is 0 Å². The molecular formula is C17H19N5O3. The van der Waals surface area contributed by atoms with Crippen LogP contribution < -0.4 is 10.2 Å². The summed E-state index contributed by atoms with van der Waals surface area (Å²) in [6, 6.07) is 6.35. The van der Waals surface area contributed by atoms with Gasteiger partial charge < -0.3 is 20.2 Å². The van der Waals surface area contributed by atoms with E-state index in [1.54, 1.807) is 35.6 Å². The minimum atomic E-state index is -0.962. The molecule has 8 heteroatoms. The highest BCUT2D eigenvalue weighted by molar-refractivity contribution is 5.87. The van der Waals surface area contributed by atoms with Gasteiger partial charge >= 0.3 is 12.0 Å². The van der Waals surface area contributed by atoms with Crippen LogP contribution in [-0.4, -0.2) is 58.2 Å². The number of hydrogen-bond donors (Lipinski definition) is 2. The SMILES string of the molecule is O=C(O)c1ccc(CNC(=O)N2CCN(c3cnccn3)CC2)cc1. The first kappa shape index (κ1) is 16.7. The highest BCUT2D eigenvalue weighted by atomic mass is 16.4. The van der Waals surface area contributed by atoms with Gasteiger partial charge in [0.25, 0.3) is 0 Å². The van der Waals surface area contributed by atoms with E-state index in [9.17, 15) is 9.59 Å². The second-order valence-corrected chi connectivity index (χ2v) is 5.70. The molecule has 2 heterocycles. The number of carboxylic acid groups (broad SMARTS) is 1. The van der Waals surface area contributed by atoms with Crippen LogP contribution in [0.3, 0.4) is 0 Å². The predicted molar refractivity (Wildman–Crippen MR) is 91.5 cm³/mol. The Hall–Kier alpha value is -3.16. The van der Waals surface area contributed by atoms with Crippen LogP contribution in [0.25, 0.3) is 0 Å². The average Bonchev–Trinajstić information content (AvgIpc) is 2.67. The number of carboxylic acids is 1. The molecule has 0 spiro atoms. The summed E-state index contributed by atoms with van der Waals surface area (Å²) in [5.41, 5.74) is 1.09. The number of urea groups is 1. The minimum absolute atomic E-state index is 0.124. The number of carbonyl (C=O) groups excluding carboxylic acids is 1. The number of hydrogen-bond acceptors (Lipinski definition) is 5. The van der Waals surface area contributed by atoms with Gasteiger partial charge in [-0.2, -0.15) is 0 Å². The molecule has 1 saturated heterocycles. The minimum Gasteiger partial charge on any atom is -0.478 e. The fourth-order valence-electron chi connectivity index (χ4n) is 2.65. The molecule has 130 valence electrons. The van der Waals surface area contributed by atoms with Crippen LogP contribution in [0.5, 0.6) is 0 Å². The van der Waals surface area contributed by atoms with Crippen molar-refractivity contribution >= 4 is 17.8 Å². The molecule has 1 aliphatic rings. The summed E-state index contributed by atoms with van der Waals surface area (Å²) in [6.07, 6.45) is 5.01. The molecule has 0 aliphatic carbocycles. The van der Waals surface area contributed by atoms with E-state index in [4.69, 9.17) is 5.11 Å². The molecule has 0 atom stereocenters. The number of rotatable bonds is 4. The maximum absolute atomic E-state index is 12.3. The zero-order chi connectivity index (χ0) is 17.6. The number of carbonyl (C=O) groups is 2. The maximum atomic E-state index is 12.3. The Morgan fingerprint density at radius 3 is 2.40 bits per heavy atom. The number of aromatic carboxylic acids is 1. The first-order chi connectivity index (χ1) is 12.1. The van der Waals surface area contributed by atoms with Crippen LogP contribution in [-0.2, 0) is 6.54 Å². The molecule has 1 aromatic heterocycles. The Morgan fingerprint density at radius 2 is 1.80 bits per heavy atom. The lowest BCUT2D eigenvalue weighted by Gasteiger charge is -2.35. The fraction of sp³-hybridized carbons (Fsp3) is 0.294. The molecule has 2 aromatic rings. The van der Waals surface area contributed by atoms with E-state index < -0.39 is 5.97 Å². The largest absolute Gasteiger partial charge is 0.478 e. The van der Waals surface area contributed by atoms with Crippen molar-refractivity contribution in [1.29, 1.82) is 0 Å². The van der Waals surface area contributed by atoms with E-state index in [-0.39, 0.29) is 11.6 Å². The van der Waals surface area contributed by atoms with Crippen molar-refractivity contribution in [3.05, 3.63) is 54.0 Å². The second kappa shape index (κ2) is 7.61. The highest BCUT2D eigenvalue weighted by Crippen LogP contribution is 2.11. The van der Waals surface area contributed by atoms with Gasteiger partial charge in [0.15, 0.2) is 0 Å². The molecule has 0 bridgehead atoms. The number of benzene rings is 1. The highest BCUT2D eigenvalue weighted by Gasteiger charge is 2.21. The molecule has 2 amide bonds.